The highest BCUT2D eigenvalue weighted by molar-refractivity contribution is 6.04. The molecule has 6 rings (SSSR count). The summed E-state index contributed by atoms with van der Waals surface area (Å²) in [5, 5.41) is 2.43. The van der Waals surface area contributed by atoms with E-state index < -0.39 is 17.6 Å². The van der Waals surface area contributed by atoms with Gasteiger partial charge in [0.1, 0.15) is 35.3 Å². The lowest BCUT2D eigenvalue weighted by Crippen LogP contribution is -2.35. The van der Waals surface area contributed by atoms with E-state index >= 15 is 0 Å². The number of pyridine rings is 1. The molecule has 1 aliphatic rings. The molecule has 4 heterocycles. The van der Waals surface area contributed by atoms with Crippen molar-refractivity contribution in [1.82, 2.24) is 24.3 Å². The number of fused-ring (bicyclic) bond motifs is 1. The Bertz CT molecular complexity index is 1840. The van der Waals surface area contributed by atoms with Crippen molar-refractivity contribution in [3.63, 3.8) is 0 Å². The zero-order valence-corrected chi connectivity index (χ0v) is 24.2. The van der Waals surface area contributed by atoms with Crippen LogP contribution in [0.2, 0.25) is 0 Å². The normalized spacial score (nSPS) is 15.2. The van der Waals surface area contributed by atoms with Gasteiger partial charge in [-0.05, 0) is 49.2 Å². The van der Waals surface area contributed by atoms with Gasteiger partial charge in [-0.25, -0.2) is 15.0 Å². The Hall–Kier alpha value is -5.39. The van der Waals surface area contributed by atoms with Crippen LogP contribution in [0.15, 0.2) is 97.8 Å². The lowest BCUT2D eigenvalue weighted by atomic mass is 9.97. The molecule has 1 fully saturated rings. The molecular weight excluding hydrogens is 583 g/mol. The van der Waals surface area contributed by atoms with E-state index in [4.69, 9.17) is 15.5 Å². The zero-order chi connectivity index (χ0) is 31.6. The number of imidazole rings is 1. The number of nitrogen functional groups attached to an aromatic ring is 1. The average Bonchev–Trinajstić information content (AvgIpc) is 3.45. The number of amides is 1. The van der Waals surface area contributed by atoms with E-state index in [1.54, 1.807) is 30.5 Å². The molecule has 2 aromatic carbocycles. The summed E-state index contributed by atoms with van der Waals surface area (Å²) in [7, 11) is 0. The van der Waals surface area contributed by atoms with Crippen LogP contribution in [0.3, 0.4) is 0 Å². The molecule has 0 radical (unpaired) electrons. The van der Waals surface area contributed by atoms with Crippen LogP contribution < -0.4 is 11.1 Å². The maximum atomic E-state index is 13.1. The number of carbonyl (C=O) groups is 1. The summed E-state index contributed by atoms with van der Waals surface area (Å²) >= 11 is 0. The van der Waals surface area contributed by atoms with Crippen LogP contribution in [0.25, 0.3) is 16.8 Å². The fraction of sp³-hybridized carbons (Fsp3) is 0.212. The molecule has 12 heteroatoms. The topological polar surface area (TPSA) is 111 Å². The SMILES string of the molecule is C=C(OCc1ccccc1)N1CCCC(c2nc(-c3ccc(C(=O)Nc4cc(C(F)(F)F)ccn4)cc3)c3c(N)nccn23)C1. The molecule has 5 aromatic rings. The van der Waals surface area contributed by atoms with Crippen molar-refractivity contribution >= 4 is 23.1 Å². The number of benzene rings is 2. The number of hydrogen-bond donors (Lipinski definition) is 2. The highest BCUT2D eigenvalue weighted by Gasteiger charge is 2.31. The minimum absolute atomic E-state index is 0.0592. The Balaban J connectivity index is 1.21. The van der Waals surface area contributed by atoms with Crippen LogP contribution in [0.1, 0.15) is 46.1 Å². The summed E-state index contributed by atoms with van der Waals surface area (Å²) in [5.41, 5.74) is 8.71. The standard InChI is InChI=1S/C33H30F3N7O2/c1-21(45-20-22-6-3-2-4-7-22)42-16-5-8-25(19-42)31-41-28(29-30(37)39-15-17-43(29)31)23-9-11-24(12-10-23)32(44)40-27-18-26(13-14-38-27)33(34,35)36/h2-4,6-7,9-15,17-18,25H,1,5,8,16,19-20H2,(H2,37,39)(H,38,40,44). The number of ether oxygens (including phenoxy) is 1. The number of carbonyl (C=O) groups excluding carboxylic acids is 1. The van der Waals surface area contributed by atoms with Gasteiger partial charge in [-0.15, -0.1) is 0 Å². The Morgan fingerprint density at radius 2 is 1.84 bits per heavy atom. The number of rotatable bonds is 8. The third-order valence-electron chi connectivity index (χ3n) is 7.75. The summed E-state index contributed by atoms with van der Waals surface area (Å²) in [6.07, 6.45) is 1.75. The molecule has 45 heavy (non-hydrogen) atoms. The Morgan fingerprint density at radius 1 is 1.07 bits per heavy atom. The number of nitrogens with one attached hydrogen (secondary N) is 1. The first-order valence-electron chi connectivity index (χ1n) is 14.4. The number of halogens is 3. The van der Waals surface area contributed by atoms with Gasteiger partial charge in [0.2, 0.25) is 0 Å². The third-order valence-corrected chi connectivity index (χ3v) is 7.75. The summed E-state index contributed by atoms with van der Waals surface area (Å²) in [6, 6.07) is 18.2. The van der Waals surface area contributed by atoms with E-state index in [1.807, 2.05) is 40.9 Å². The van der Waals surface area contributed by atoms with Crippen molar-refractivity contribution in [2.75, 3.05) is 24.1 Å². The first-order valence-corrected chi connectivity index (χ1v) is 14.4. The van der Waals surface area contributed by atoms with Crippen LogP contribution in [-0.4, -0.2) is 43.2 Å². The minimum Gasteiger partial charge on any atom is -0.475 e. The first-order chi connectivity index (χ1) is 21.7. The number of alkyl halides is 3. The average molecular weight is 614 g/mol. The van der Waals surface area contributed by atoms with Crippen LogP contribution >= 0.6 is 0 Å². The zero-order valence-electron chi connectivity index (χ0n) is 24.2. The van der Waals surface area contributed by atoms with E-state index in [1.165, 1.54) is 0 Å². The van der Waals surface area contributed by atoms with Gasteiger partial charge in [0, 0.05) is 48.7 Å². The van der Waals surface area contributed by atoms with Gasteiger partial charge in [-0.1, -0.05) is 42.5 Å². The van der Waals surface area contributed by atoms with E-state index in [0.29, 0.717) is 41.6 Å². The monoisotopic (exact) mass is 613 g/mol. The largest absolute Gasteiger partial charge is 0.475 e. The lowest BCUT2D eigenvalue weighted by molar-refractivity contribution is -0.137. The van der Waals surface area contributed by atoms with Crippen LogP contribution in [-0.2, 0) is 17.5 Å². The third kappa shape index (κ3) is 6.44. The second-order valence-corrected chi connectivity index (χ2v) is 10.8. The maximum Gasteiger partial charge on any atom is 0.416 e. The predicted molar refractivity (Wildman–Crippen MR) is 164 cm³/mol. The highest BCUT2D eigenvalue weighted by Crippen LogP contribution is 2.35. The molecule has 0 spiro atoms. The number of nitrogens with two attached hydrogens (primary N) is 1. The van der Waals surface area contributed by atoms with Gasteiger partial charge in [0.25, 0.3) is 5.91 Å². The first kappa shape index (κ1) is 29.7. The second-order valence-electron chi connectivity index (χ2n) is 10.8. The van der Waals surface area contributed by atoms with Crippen LogP contribution in [0.5, 0.6) is 0 Å². The number of hydrogen-bond acceptors (Lipinski definition) is 7. The summed E-state index contributed by atoms with van der Waals surface area (Å²) < 4.78 is 47.2. The fourth-order valence-corrected chi connectivity index (χ4v) is 5.47. The smallest absolute Gasteiger partial charge is 0.416 e. The van der Waals surface area contributed by atoms with E-state index in [0.717, 1.165) is 49.1 Å². The van der Waals surface area contributed by atoms with Crippen molar-refractivity contribution in [3.05, 3.63) is 120 Å². The van der Waals surface area contributed by atoms with E-state index in [-0.39, 0.29) is 17.3 Å². The summed E-state index contributed by atoms with van der Waals surface area (Å²) in [4.78, 5) is 28.1. The second kappa shape index (κ2) is 12.3. The van der Waals surface area contributed by atoms with E-state index in [9.17, 15) is 18.0 Å². The molecule has 3 aromatic heterocycles. The predicted octanol–water partition coefficient (Wildman–Crippen LogP) is 6.51. The Morgan fingerprint density at radius 3 is 2.60 bits per heavy atom. The Labute approximate surface area is 257 Å². The van der Waals surface area contributed by atoms with Gasteiger partial charge >= 0.3 is 6.18 Å². The number of anilines is 2. The van der Waals surface area contributed by atoms with Crippen LogP contribution in [0, 0.1) is 0 Å². The van der Waals surface area contributed by atoms with Crippen molar-refractivity contribution in [1.29, 1.82) is 0 Å². The molecule has 1 atom stereocenters. The summed E-state index contributed by atoms with van der Waals surface area (Å²) in [6.45, 7) is 6.10. The maximum absolute atomic E-state index is 13.1. The van der Waals surface area contributed by atoms with Crippen LogP contribution in [0.4, 0.5) is 24.8 Å². The molecular formula is C33H30F3N7O2. The van der Waals surface area contributed by atoms with Gasteiger partial charge in [0.05, 0.1) is 5.56 Å². The molecule has 230 valence electrons. The molecule has 1 amide bonds. The van der Waals surface area contributed by atoms with E-state index in [2.05, 4.69) is 26.8 Å². The van der Waals surface area contributed by atoms with Crippen molar-refractivity contribution in [2.45, 2.75) is 31.5 Å². The molecule has 1 aliphatic heterocycles. The lowest BCUT2D eigenvalue weighted by Gasteiger charge is -2.34. The van der Waals surface area contributed by atoms with Crippen molar-refractivity contribution < 1.29 is 22.7 Å². The quantitative estimate of drug-likeness (QED) is 0.192. The van der Waals surface area contributed by atoms with Crippen molar-refractivity contribution in [3.8, 4) is 11.3 Å². The molecule has 9 nitrogen and oxygen atoms in total. The van der Waals surface area contributed by atoms with Gasteiger partial charge < -0.3 is 20.7 Å². The molecule has 1 unspecified atom stereocenters. The fourth-order valence-electron chi connectivity index (χ4n) is 5.47. The molecule has 0 bridgehead atoms. The van der Waals surface area contributed by atoms with Gasteiger partial charge in [-0.2, -0.15) is 13.2 Å². The summed E-state index contributed by atoms with van der Waals surface area (Å²) in [5.74, 6) is 1.02. The molecule has 0 aliphatic carbocycles. The van der Waals surface area contributed by atoms with Crippen molar-refractivity contribution in [2.24, 2.45) is 0 Å². The number of aromatic nitrogens is 4. The number of piperidine rings is 1. The van der Waals surface area contributed by atoms with Gasteiger partial charge in [0.15, 0.2) is 5.88 Å². The number of nitrogens with zero attached hydrogens (tertiary/aromatic N) is 5. The molecule has 0 saturated carbocycles. The highest BCUT2D eigenvalue weighted by atomic mass is 19.4. The Kier molecular flexibility index (Phi) is 8.12. The minimum atomic E-state index is -4.55. The molecule has 3 N–H and O–H groups in total. The van der Waals surface area contributed by atoms with Gasteiger partial charge in [-0.3, -0.25) is 9.20 Å². The molecule has 1 saturated heterocycles. The number of likely N-dealkylation sites (tertiary alicyclic amines) is 1.